The highest BCUT2D eigenvalue weighted by Gasteiger charge is 2.57. The fourth-order valence-corrected chi connectivity index (χ4v) is 2.84. The average molecular weight is 273 g/mol. The molecular formula is C13H23NO5. The highest BCUT2D eigenvalue weighted by Crippen LogP contribution is 2.43. The predicted octanol–water partition coefficient (Wildman–Crippen LogP) is 1.77. The molecule has 0 heterocycles. The summed E-state index contributed by atoms with van der Waals surface area (Å²) < 4.78 is 4.59. The second-order valence-corrected chi connectivity index (χ2v) is 5.45. The number of carbonyl (C=O) groups excluding carboxylic acids is 1. The first-order valence-electron chi connectivity index (χ1n) is 6.81. The normalized spacial score (nSPS) is 27.7. The van der Waals surface area contributed by atoms with Crippen molar-refractivity contribution < 1.29 is 19.6 Å². The van der Waals surface area contributed by atoms with Crippen LogP contribution in [0.4, 0.5) is 0 Å². The van der Waals surface area contributed by atoms with Crippen LogP contribution in [-0.4, -0.2) is 34.8 Å². The van der Waals surface area contributed by atoms with Crippen LogP contribution in [0.5, 0.6) is 0 Å². The first-order chi connectivity index (χ1) is 8.87. The van der Waals surface area contributed by atoms with Gasteiger partial charge in [-0.25, -0.2) is 0 Å². The molecule has 0 bridgehead atoms. The van der Waals surface area contributed by atoms with Crippen LogP contribution in [0.1, 0.15) is 46.0 Å². The molecule has 1 rings (SSSR count). The van der Waals surface area contributed by atoms with E-state index in [-0.39, 0.29) is 18.8 Å². The number of methoxy groups -OCH3 is 1. The molecule has 1 aliphatic carbocycles. The first kappa shape index (κ1) is 15.9. The van der Waals surface area contributed by atoms with Gasteiger partial charge in [0.1, 0.15) is 5.60 Å². The van der Waals surface area contributed by atoms with Crippen molar-refractivity contribution in [1.82, 2.24) is 0 Å². The summed E-state index contributed by atoms with van der Waals surface area (Å²) in [5.41, 5.74) is -1.36. The summed E-state index contributed by atoms with van der Waals surface area (Å²) in [5.74, 6) is -0.565. The molecule has 1 atom stereocenters. The molecule has 1 N–H and O–H groups in total. The smallest absolute Gasteiger partial charge is 0.308 e. The largest absolute Gasteiger partial charge is 0.469 e. The zero-order valence-electron chi connectivity index (χ0n) is 11.8. The predicted molar refractivity (Wildman–Crippen MR) is 69.2 cm³/mol. The lowest BCUT2D eigenvalue weighted by Crippen LogP contribution is -2.58. The quantitative estimate of drug-likeness (QED) is 0.434. The molecule has 110 valence electrons. The Labute approximate surface area is 113 Å². The van der Waals surface area contributed by atoms with Crippen molar-refractivity contribution in [2.24, 2.45) is 11.8 Å². The minimum absolute atomic E-state index is 0.130. The summed E-state index contributed by atoms with van der Waals surface area (Å²) in [7, 11) is 1.29. The lowest BCUT2D eigenvalue weighted by atomic mass is 9.65. The number of rotatable bonds is 7. The fourth-order valence-electron chi connectivity index (χ4n) is 2.84. The van der Waals surface area contributed by atoms with Crippen LogP contribution >= 0.6 is 0 Å². The number of nitrogens with zero attached hydrogens (tertiary/aromatic N) is 1. The fraction of sp³-hybridized carbons (Fsp3) is 0.923. The Morgan fingerprint density at radius 1 is 1.47 bits per heavy atom. The lowest BCUT2D eigenvalue weighted by Gasteiger charge is -2.43. The van der Waals surface area contributed by atoms with Crippen LogP contribution in [-0.2, 0) is 9.53 Å². The van der Waals surface area contributed by atoms with Gasteiger partial charge in [-0.2, -0.15) is 0 Å². The highest BCUT2D eigenvalue weighted by atomic mass is 16.6. The van der Waals surface area contributed by atoms with Gasteiger partial charge in [0, 0.05) is 11.3 Å². The molecule has 0 spiro atoms. The van der Waals surface area contributed by atoms with Crippen molar-refractivity contribution in [2.75, 3.05) is 7.11 Å². The third-order valence-electron chi connectivity index (χ3n) is 4.32. The Hall–Kier alpha value is -1.17. The van der Waals surface area contributed by atoms with E-state index >= 15 is 0 Å². The molecule has 0 aromatic rings. The van der Waals surface area contributed by atoms with Crippen molar-refractivity contribution in [3.05, 3.63) is 10.1 Å². The molecule has 1 unspecified atom stereocenters. The monoisotopic (exact) mass is 273 g/mol. The van der Waals surface area contributed by atoms with Gasteiger partial charge in [-0.05, 0) is 18.8 Å². The number of aliphatic hydroxyl groups is 1. The van der Waals surface area contributed by atoms with Crippen molar-refractivity contribution in [3.8, 4) is 0 Å². The summed E-state index contributed by atoms with van der Waals surface area (Å²) in [6.45, 7) is 3.99. The second-order valence-electron chi connectivity index (χ2n) is 5.45. The Morgan fingerprint density at radius 3 is 2.37 bits per heavy atom. The second kappa shape index (κ2) is 6.32. The SMILES string of the molecule is CCC(CC)CC([N+](=O)[O-])C1(O)CC(C(=O)OC)C1. The maximum absolute atomic E-state index is 11.3. The van der Waals surface area contributed by atoms with Gasteiger partial charge in [0.25, 0.3) is 0 Å². The third kappa shape index (κ3) is 3.43. The molecule has 0 aromatic carbocycles. The van der Waals surface area contributed by atoms with Crippen LogP contribution in [0.2, 0.25) is 0 Å². The molecule has 1 saturated carbocycles. The molecule has 0 radical (unpaired) electrons. The number of carbonyl (C=O) groups is 1. The molecule has 6 heteroatoms. The van der Waals surface area contributed by atoms with Crippen molar-refractivity contribution in [3.63, 3.8) is 0 Å². The third-order valence-corrected chi connectivity index (χ3v) is 4.32. The maximum atomic E-state index is 11.3. The van der Waals surface area contributed by atoms with Crippen LogP contribution in [0, 0.1) is 22.0 Å². The molecule has 0 saturated heterocycles. The molecule has 19 heavy (non-hydrogen) atoms. The van der Waals surface area contributed by atoms with E-state index in [1.807, 2.05) is 13.8 Å². The molecule has 0 aliphatic heterocycles. The van der Waals surface area contributed by atoms with E-state index < -0.39 is 28.5 Å². The first-order valence-corrected chi connectivity index (χ1v) is 6.81. The zero-order chi connectivity index (χ0) is 14.6. The summed E-state index contributed by atoms with van der Waals surface area (Å²) >= 11 is 0. The summed E-state index contributed by atoms with van der Waals surface area (Å²) in [6, 6.07) is -0.988. The van der Waals surface area contributed by atoms with Crippen LogP contribution in [0.3, 0.4) is 0 Å². The van der Waals surface area contributed by atoms with E-state index in [0.717, 1.165) is 12.8 Å². The number of ether oxygens (including phenoxy) is 1. The van der Waals surface area contributed by atoms with Crippen molar-refractivity contribution in [1.29, 1.82) is 0 Å². The molecule has 6 nitrogen and oxygen atoms in total. The van der Waals surface area contributed by atoms with Crippen LogP contribution < -0.4 is 0 Å². The van der Waals surface area contributed by atoms with Gasteiger partial charge in [0.2, 0.25) is 6.04 Å². The van der Waals surface area contributed by atoms with Gasteiger partial charge in [0.05, 0.1) is 13.0 Å². The van der Waals surface area contributed by atoms with E-state index in [0.29, 0.717) is 6.42 Å². The van der Waals surface area contributed by atoms with Crippen LogP contribution in [0.25, 0.3) is 0 Å². The molecule has 1 aliphatic rings. The van der Waals surface area contributed by atoms with Crippen molar-refractivity contribution in [2.45, 2.75) is 57.6 Å². The van der Waals surface area contributed by atoms with Gasteiger partial charge in [-0.15, -0.1) is 0 Å². The number of nitro groups is 1. The lowest BCUT2D eigenvalue weighted by molar-refractivity contribution is -0.554. The van der Waals surface area contributed by atoms with Gasteiger partial charge in [-0.1, -0.05) is 26.7 Å². The average Bonchev–Trinajstić information content (AvgIpc) is 2.35. The van der Waals surface area contributed by atoms with Crippen molar-refractivity contribution >= 4 is 5.97 Å². The maximum Gasteiger partial charge on any atom is 0.308 e. The van der Waals surface area contributed by atoms with Gasteiger partial charge in [0.15, 0.2) is 0 Å². The molecule has 1 fully saturated rings. The summed E-state index contributed by atoms with van der Waals surface area (Å²) in [5, 5.41) is 21.5. The molecular weight excluding hydrogens is 250 g/mol. The van der Waals surface area contributed by atoms with Crippen LogP contribution in [0.15, 0.2) is 0 Å². The zero-order valence-corrected chi connectivity index (χ0v) is 11.8. The van der Waals surface area contributed by atoms with Gasteiger partial charge in [-0.3, -0.25) is 14.9 Å². The van der Waals surface area contributed by atoms with E-state index in [9.17, 15) is 20.0 Å². The van der Waals surface area contributed by atoms with Gasteiger partial charge >= 0.3 is 5.97 Å². The number of esters is 1. The summed E-state index contributed by atoms with van der Waals surface area (Å²) in [6.07, 6.45) is 2.34. The molecule has 0 aromatic heterocycles. The van der Waals surface area contributed by atoms with E-state index in [1.165, 1.54) is 7.11 Å². The topological polar surface area (TPSA) is 89.7 Å². The number of hydrogen-bond acceptors (Lipinski definition) is 5. The Balaban J connectivity index is 2.68. The highest BCUT2D eigenvalue weighted by molar-refractivity contribution is 5.73. The summed E-state index contributed by atoms with van der Waals surface area (Å²) in [4.78, 5) is 22.1. The minimum Gasteiger partial charge on any atom is -0.469 e. The Morgan fingerprint density at radius 2 is 2.00 bits per heavy atom. The Kier molecular flexibility index (Phi) is 5.29. The minimum atomic E-state index is -1.36. The standard InChI is InChI=1S/C13H23NO5/c1-4-9(5-2)6-11(14(17)18)13(16)7-10(8-13)12(15)19-3/h9-11,16H,4-8H2,1-3H3. The van der Waals surface area contributed by atoms with E-state index in [4.69, 9.17) is 0 Å². The Bertz CT molecular complexity index is 334. The molecule has 0 amide bonds. The van der Waals surface area contributed by atoms with E-state index in [2.05, 4.69) is 4.74 Å². The van der Waals surface area contributed by atoms with Gasteiger partial charge < -0.3 is 9.84 Å². The van der Waals surface area contributed by atoms with E-state index in [1.54, 1.807) is 0 Å². The number of hydrogen-bond donors (Lipinski definition) is 1.